The Balaban J connectivity index is 0.00000225. The fourth-order valence-electron chi connectivity index (χ4n) is 2.77. The molecule has 3 rings (SSSR count). The molecule has 0 fully saturated rings. The molecule has 0 aliphatic rings. The minimum absolute atomic E-state index is 0. The molecule has 0 atom stereocenters. The number of aryl methyl sites for hydroxylation is 2. The van der Waals surface area contributed by atoms with E-state index < -0.39 is 0 Å². The largest absolute Gasteiger partial charge is 0.285 e. The molecule has 3 aromatic rings. The van der Waals surface area contributed by atoms with Crippen molar-refractivity contribution in [2.24, 2.45) is 0 Å². The Hall–Kier alpha value is -1.83. The van der Waals surface area contributed by atoms with Crippen LogP contribution in [-0.4, -0.2) is 9.97 Å². The van der Waals surface area contributed by atoms with E-state index in [9.17, 15) is 0 Å². The molecule has 0 N–H and O–H groups in total. The Morgan fingerprint density at radius 3 is 2.00 bits per heavy atom. The van der Waals surface area contributed by atoms with Crippen molar-refractivity contribution in [3.05, 3.63) is 71.5 Å². The fourth-order valence-corrected chi connectivity index (χ4v) is 2.77. The molecule has 0 amide bonds. The van der Waals surface area contributed by atoms with E-state index >= 15 is 0 Å². The predicted octanol–water partition coefficient (Wildman–Crippen LogP) is 5.52. The Labute approximate surface area is 164 Å². The number of nitrogens with zero attached hydrogens (tertiary/aromatic N) is 2. The third kappa shape index (κ3) is 4.62. The van der Waals surface area contributed by atoms with E-state index in [1.807, 2.05) is 18.5 Å². The van der Waals surface area contributed by atoms with Crippen LogP contribution in [0.15, 0.2) is 48.8 Å². The summed E-state index contributed by atoms with van der Waals surface area (Å²) in [7, 11) is 0. The average Bonchev–Trinajstić information content (AvgIpc) is 2.53. The molecule has 1 aromatic heterocycles. The summed E-state index contributed by atoms with van der Waals surface area (Å²) < 4.78 is 0. The van der Waals surface area contributed by atoms with Crippen molar-refractivity contribution < 1.29 is 20.1 Å². The average molecular weight is 508 g/mol. The van der Waals surface area contributed by atoms with Gasteiger partial charge < -0.3 is 0 Å². The quantitative estimate of drug-likeness (QED) is 0.427. The van der Waals surface area contributed by atoms with Gasteiger partial charge >= 0.3 is 0 Å². The van der Waals surface area contributed by atoms with Crippen LogP contribution in [0.25, 0.3) is 22.5 Å². The van der Waals surface area contributed by atoms with E-state index in [-0.39, 0.29) is 25.5 Å². The van der Waals surface area contributed by atoms with E-state index in [4.69, 9.17) is 0 Å². The van der Waals surface area contributed by atoms with Crippen LogP contribution in [0, 0.1) is 19.9 Å². The molecule has 3 heteroatoms. The van der Waals surface area contributed by atoms with Crippen LogP contribution >= 0.6 is 0 Å². The van der Waals surface area contributed by atoms with Gasteiger partial charge in [-0.05, 0) is 30.4 Å². The zero-order valence-electron chi connectivity index (χ0n) is 15.3. The number of benzene rings is 2. The SMILES string of the molecule is Cc1cc(C)cc(-c2cc[c-]c(-c3ncc(C(C)(C)C)cn3)c2)c1.[Ir]. The van der Waals surface area contributed by atoms with Crippen LogP contribution in [0.5, 0.6) is 0 Å². The van der Waals surface area contributed by atoms with Gasteiger partial charge in [-0.1, -0.05) is 50.1 Å². The molecular weight excluding hydrogens is 484 g/mol. The van der Waals surface area contributed by atoms with Gasteiger partial charge in [0.1, 0.15) is 0 Å². The Kier molecular flexibility index (Phi) is 5.92. The monoisotopic (exact) mass is 508 g/mol. The molecule has 2 aromatic carbocycles. The molecule has 0 saturated carbocycles. The summed E-state index contributed by atoms with van der Waals surface area (Å²) in [4.78, 5) is 9.09. The van der Waals surface area contributed by atoms with E-state index in [1.54, 1.807) is 0 Å². The van der Waals surface area contributed by atoms with E-state index in [2.05, 4.69) is 81.0 Å². The second-order valence-corrected chi connectivity index (χ2v) is 7.41. The maximum Gasteiger partial charge on any atom is 0.0748 e. The standard InChI is InChI=1S/C22H23N2.Ir/c1-15-9-16(2)11-19(10-15)17-7-6-8-18(12-17)21-23-13-20(14-24-21)22(3,4)5;/h6-7,9-14H,1-5H3;/q-1;. The van der Waals surface area contributed by atoms with Crippen molar-refractivity contribution >= 4 is 0 Å². The zero-order chi connectivity index (χ0) is 17.3. The van der Waals surface area contributed by atoms with Gasteiger partial charge in [-0.25, -0.2) is 0 Å². The summed E-state index contributed by atoms with van der Waals surface area (Å²) in [6.45, 7) is 10.7. The van der Waals surface area contributed by atoms with Gasteiger partial charge in [0, 0.05) is 32.5 Å². The summed E-state index contributed by atoms with van der Waals surface area (Å²) in [5.41, 5.74) is 7.04. The predicted molar refractivity (Wildman–Crippen MR) is 99.9 cm³/mol. The first-order valence-electron chi connectivity index (χ1n) is 8.26. The molecule has 1 heterocycles. The minimum atomic E-state index is 0. The molecular formula is C22H23IrN2-. The number of hydrogen-bond donors (Lipinski definition) is 0. The first-order chi connectivity index (χ1) is 11.3. The van der Waals surface area contributed by atoms with Crippen LogP contribution in [0.4, 0.5) is 0 Å². The van der Waals surface area contributed by atoms with E-state index in [1.165, 1.54) is 22.3 Å². The van der Waals surface area contributed by atoms with Crippen LogP contribution in [-0.2, 0) is 25.5 Å². The molecule has 2 nitrogen and oxygen atoms in total. The Bertz CT molecular complexity index is 842. The van der Waals surface area contributed by atoms with E-state index in [0.717, 1.165) is 11.1 Å². The molecule has 131 valence electrons. The number of rotatable bonds is 2. The topological polar surface area (TPSA) is 25.8 Å². The van der Waals surface area contributed by atoms with Gasteiger partial charge in [0.25, 0.3) is 0 Å². The second-order valence-electron chi connectivity index (χ2n) is 7.41. The van der Waals surface area contributed by atoms with Crippen molar-refractivity contribution in [2.45, 2.75) is 40.0 Å². The second kappa shape index (κ2) is 7.59. The van der Waals surface area contributed by atoms with Crippen molar-refractivity contribution in [2.75, 3.05) is 0 Å². The normalized spacial score (nSPS) is 11.1. The molecule has 0 aliphatic heterocycles. The molecule has 25 heavy (non-hydrogen) atoms. The maximum atomic E-state index is 4.54. The molecule has 0 unspecified atom stereocenters. The number of aromatic nitrogens is 2. The van der Waals surface area contributed by atoms with Crippen molar-refractivity contribution in [3.63, 3.8) is 0 Å². The van der Waals surface area contributed by atoms with Gasteiger partial charge in [0.05, 0.1) is 5.82 Å². The molecule has 0 spiro atoms. The van der Waals surface area contributed by atoms with Gasteiger partial charge in [0.15, 0.2) is 0 Å². The Morgan fingerprint density at radius 2 is 1.44 bits per heavy atom. The maximum absolute atomic E-state index is 4.54. The number of hydrogen-bond acceptors (Lipinski definition) is 2. The molecule has 0 saturated heterocycles. The molecule has 0 aliphatic carbocycles. The van der Waals surface area contributed by atoms with Gasteiger partial charge in [-0.2, -0.15) is 0 Å². The smallest absolute Gasteiger partial charge is 0.0748 e. The summed E-state index contributed by atoms with van der Waals surface area (Å²) in [6.07, 6.45) is 3.83. The van der Waals surface area contributed by atoms with Crippen molar-refractivity contribution in [1.82, 2.24) is 9.97 Å². The third-order valence-electron chi connectivity index (χ3n) is 4.12. The molecule has 1 radical (unpaired) electrons. The fraction of sp³-hybridized carbons (Fsp3) is 0.273. The van der Waals surface area contributed by atoms with Crippen LogP contribution in [0.1, 0.15) is 37.5 Å². The summed E-state index contributed by atoms with van der Waals surface area (Å²) in [5, 5.41) is 0. The van der Waals surface area contributed by atoms with E-state index in [0.29, 0.717) is 5.82 Å². The van der Waals surface area contributed by atoms with Crippen molar-refractivity contribution in [3.8, 4) is 22.5 Å². The first kappa shape index (κ1) is 19.5. The Morgan fingerprint density at radius 1 is 0.840 bits per heavy atom. The van der Waals surface area contributed by atoms with Crippen LogP contribution < -0.4 is 0 Å². The minimum Gasteiger partial charge on any atom is -0.285 e. The summed E-state index contributed by atoms with van der Waals surface area (Å²) in [6, 6.07) is 16.0. The van der Waals surface area contributed by atoms with Crippen LogP contribution in [0.3, 0.4) is 0 Å². The molecule has 0 bridgehead atoms. The van der Waals surface area contributed by atoms with Crippen LogP contribution in [0.2, 0.25) is 0 Å². The zero-order valence-corrected chi connectivity index (χ0v) is 17.7. The van der Waals surface area contributed by atoms with Crippen molar-refractivity contribution in [1.29, 1.82) is 0 Å². The summed E-state index contributed by atoms with van der Waals surface area (Å²) in [5.74, 6) is 0.717. The van der Waals surface area contributed by atoms with Gasteiger partial charge in [-0.15, -0.1) is 35.4 Å². The third-order valence-corrected chi connectivity index (χ3v) is 4.12. The summed E-state index contributed by atoms with van der Waals surface area (Å²) >= 11 is 0. The van der Waals surface area contributed by atoms with Gasteiger partial charge in [0.2, 0.25) is 0 Å². The first-order valence-corrected chi connectivity index (χ1v) is 8.26. The van der Waals surface area contributed by atoms with Gasteiger partial charge in [-0.3, -0.25) is 9.97 Å².